The maximum atomic E-state index is 11.1. The lowest BCUT2D eigenvalue weighted by molar-refractivity contribution is -0.840. The molecule has 5 N–H and O–H groups in total. The number of halogens is 1. The normalized spacial score (nSPS) is 16.4. The van der Waals surface area contributed by atoms with Crippen molar-refractivity contribution < 1.29 is 14.5 Å². The van der Waals surface area contributed by atoms with Crippen molar-refractivity contribution >= 4 is 40.2 Å². The lowest BCUT2D eigenvalue weighted by atomic mass is 10.1. The molecule has 0 aliphatic carbocycles. The van der Waals surface area contributed by atoms with Gasteiger partial charge in [0, 0.05) is 12.1 Å². The number of rotatable bonds is 2. The SMILES string of the molecule is NC1=[NH+][C@@H](c2cc([N+](=O)[O-])ccc2Cl)[n+]2c([nH]c3ccccc32)N1. The van der Waals surface area contributed by atoms with E-state index in [9.17, 15) is 10.1 Å². The van der Waals surface area contributed by atoms with Gasteiger partial charge in [0.05, 0.1) is 15.5 Å². The molecule has 8 nitrogen and oxygen atoms in total. The number of nitrogens with zero attached hydrogens (tertiary/aromatic N) is 2. The van der Waals surface area contributed by atoms with Crippen LogP contribution >= 0.6 is 11.6 Å². The minimum Gasteiger partial charge on any atom is -0.290 e. The lowest BCUT2D eigenvalue weighted by Crippen LogP contribution is -2.88. The molecule has 3 aromatic rings. The van der Waals surface area contributed by atoms with Crippen molar-refractivity contribution in [2.24, 2.45) is 5.73 Å². The van der Waals surface area contributed by atoms with Gasteiger partial charge in [-0.05, 0) is 18.2 Å². The van der Waals surface area contributed by atoms with Gasteiger partial charge in [0.15, 0.2) is 0 Å². The monoisotopic (exact) mass is 344 g/mol. The number of H-pyrrole nitrogens is 1. The summed E-state index contributed by atoms with van der Waals surface area (Å²) in [5.74, 6) is 0.995. The molecule has 0 radical (unpaired) electrons. The van der Waals surface area contributed by atoms with Crippen LogP contribution in [-0.2, 0) is 0 Å². The third kappa shape index (κ3) is 2.16. The Bertz CT molecular complexity index is 1010. The number of aromatic nitrogens is 2. The van der Waals surface area contributed by atoms with Crippen LogP contribution in [0.25, 0.3) is 11.0 Å². The van der Waals surface area contributed by atoms with Gasteiger partial charge in [0.2, 0.25) is 6.17 Å². The van der Waals surface area contributed by atoms with Gasteiger partial charge in [-0.1, -0.05) is 23.7 Å². The smallest absolute Gasteiger partial charge is 0.290 e. The molecule has 9 heteroatoms. The Labute approximate surface area is 140 Å². The molecule has 2 aromatic carbocycles. The van der Waals surface area contributed by atoms with Gasteiger partial charge < -0.3 is 0 Å². The molecule has 4 rings (SSSR count). The van der Waals surface area contributed by atoms with E-state index in [1.165, 1.54) is 18.2 Å². The largest absolute Gasteiger partial charge is 0.368 e. The van der Waals surface area contributed by atoms with Gasteiger partial charge in [0.25, 0.3) is 5.69 Å². The fraction of sp³-hybridized carbons (Fsp3) is 0.0667. The number of hydrogen-bond acceptors (Lipinski definition) is 4. The molecular formula is C15H13ClN6O2+2. The third-order valence-electron chi connectivity index (χ3n) is 3.95. The number of non-ortho nitro benzene ring substituents is 1. The second-order valence-electron chi connectivity index (χ2n) is 5.41. The van der Waals surface area contributed by atoms with Crippen molar-refractivity contribution in [3.8, 4) is 0 Å². The van der Waals surface area contributed by atoms with Crippen LogP contribution in [0.5, 0.6) is 0 Å². The van der Waals surface area contributed by atoms with Crippen molar-refractivity contribution in [1.29, 1.82) is 0 Å². The zero-order valence-corrected chi connectivity index (χ0v) is 13.0. The molecule has 0 unspecified atom stereocenters. The molecule has 0 fully saturated rings. The number of anilines is 1. The first-order valence-electron chi connectivity index (χ1n) is 7.16. The number of nitro groups is 1. The van der Waals surface area contributed by atoms with E-state index >= 15 is 0 Å². The average molecular weight is 345 g/mol. The Morgan fingerprint density at radius 2 is 2.08 bits per heavy atom. The summed E-state index contributed by atoms with van der Waals surface area (Å²) < 4.78 is 1.93. The highest BCUT2D eigenvalue weighted by molar-refractivity contribution is 6.31. The number of hydrogen-bond donors (Lipinski definition) is 4. The first-order chi connectivity index (χ1) is 11.5. The standard InChI is InChI=1S/C15H11ClN6O2/c16-10-6-5-8(22(23)24)7-9(10)13-19-14(17)20-15-18-11-3-1-2-4-12(11)21(13)15/h1-7,13H,(H3,17,18,19,20)/p+2/t13-/m1/s1. The second kappa shape index (κ2) is 5.20. The van der Waals surface area contributed by atoms with Crippen LogP contribution in [0.3, 0.4) is 0 Å². The molecule has 0 amide bonds. The summed E-state index contributed by atoms with van der Waals surface area (Å²) in [6.45, 7) is 0. The number of guanidine groups is 1. The number of para-hydroxylation sites is 2. The minimum absolute atomic E-state index is 0.0321. The molecule has 0 bridgehead atoms. The van der Waals surface area contributed by atoms with Crippen LogP contribution in [0.4, 0.5) is 11.6 Å². The maximum absolute atomic E-state index is 11.1. The van der Waals surface area contributed by atoms with Crippen molar-refractivity contribution in [1.82, 2.24) is 4.98 Å². The van der Waals surface area contributed by atoms with Gasteiger partial charge >= 0.3 is 11.9 Å². The van der Waals surface area contributed by atoms with E-state index in [1.54, 1.807) is 0 Å². The Balaban J connectivity index is 1.97. The summed E-state index contributed by atoms with van der Waals surface area (Å²) in [5.41, 5.74) is 8.28. The Morgan fingerprint density at radius 1 is 1.29 bits per heavy atom. The summed E-state index contributed by atoms with van der Waals surface area (Å²) >= 11 is 6.31. The van der Waals surface area contributed by atoms with Crippen molar-refractivity contribution in [2.75, 3.05) is 5.32 Å². The maximum Gasteiger partial charge on any atom is 0.368 e. The summed E-state index contributed by atoms with van der Waals surface area (Å²) in [5, 5.41) is 14.5. The quantitative estimate of drug-likeness (QED) is 0.306. The first-order valence-corrected chi connectivity index (χ1v) is 7.54. The zero-order chi connectivity index (χ0) is 16.8. The molecule has 120 valence electrons. The highest BCUT2D eigenvalue weighted by Crippen LogP contribution is 2.27. The van der Waals surface area contributed by atoms with Crippen LogP contribution < -0.4 is 20.6 Å². The number of nitro benzene ring substituents is 1. The van der Waals surface area contributed by atoms with Crippen molar-refractivity contribution in [3.63, 3.8) is 0 Å². The zero-order valence-electron chi connectivity index (χ0n) is 12.3. The Kier molecular flexibility index (Phi) is 3.14. The molecule has 2 heterocycles. The van der Waals surface area contributed by atoms with Gasteiger partial charge in [-0.25, -0.2) is 9.98 Å². The van der Waals surface area contributed by atoms with Gasteiger partial charge in [0.1, 0.15) is 11.0 Å². The summed E-state index contributed by atoms with van der Waals surface area (Å²) in [6.07, 6.45) is -0.482. The Morgan fingerprint density at radius 3 is 2.88 bits per heavy atom. The minimum atomic E-state index is -0.482. The molecule has 0 saturated heterocycles. The summed E-state index contributed by atoms with van der Waals surface area (Å²) in [6, 6.07) is 12.1. The second-order valence-corrected chi connectivity index (χ2v) is 5.82. The number of aromatic amines is 1. The molecule has 1 atom stereocenters. The molecule has 24 heavy (non-hydrogen) atoms. The molecule has 1 aliphatic rings. The van der Waals surface area contributed by atoms with E-state index < -0.39 is 11.1 Å². The van der Waals surface area contributed by atoms with E-state index in [0.29, 0.717) is 22.5 Å². The highest BCUT2D eigenvalue weighted by Gasteiger charge is 2.34. The van der Waals surface area contributed by atoms with E-state index in [2.05, 4.69) is 15.3 Å². The summed E-state index contributed by atoms with van der Waals surface area (Å²) in [4.78, 5) is 17.0. The van der Waals surface area contributed by atoms with E-state index in [1.807, 2.05) is 28.8 Å². The highest BCUT2D eigenvalue weighted by atomic mass is 35.5. The number of fused-ring (bicyclic) bond motifs is 3. The van der Waals surface area contributed by atoms with Crippen LogP contribution in [-0.4, -0.2) is 15.9 Å². The molecular weight excluding hydrogens is 332 g/mol. The number of imidazole rings is 1. The van der Waals surface area contributed by atoms with Gasteiger partial charge in [-0.15, -0.1) is 0 Å². The molecule has 0 saturated carbocycles. The average Bonchev–Trinajstić information content (AvgIpc) is 2.92. The van der Waals surface area contributed by atoms with Crippen LogP contribution in [0, 0.1) is 10.1 Å². The molecule has 1 aliphatic heterocycles. The van der Waals surface area contributed by atoms with Gasteiger partial charge in [-0.3, -0.25) is 15.8 Å². The van der Waals surface area contributed by atoms with Crippen LogP contribution in [0.2, 0.25) is 5.02 Å². The van der Waals surface area contributed by atoms with Crippen LogP contribution in [0.1, 0.15) is 11.7 Å². The molecule has 1 aromatic heterocycles. The number of nitrogens with two attached hydrogens (primary N) is 1. The van der Waals surface area contributed by atoms with E-state index in [4.69, 9.17) is 17.3 Å². The van der Waals surface area contributed by atoms with Crippen molar-refractivity contribution in [2.45, 2.75) is 6.17 Å². The topological polar surface area (TPSA) is 115 Å². The number of benzene rings is 2. The predicted octanol–water partition coefficient (Wildman–Crippen LogP) is 0.385. The summed E-state index contributed by atoms with van der Waals surface area (Å²) in [7, 11) is 0. The third-order valence-corrected chi connectivity index (χ3v) is 4.29. The lowest BCUT2D eigenvalue weighted by Gasteiger charge is -2.17. The van der Waals surface area contributed by atoms with Gasteiger partial charge in [-0.2, -0.15) is 9.88 Å². The molecule has 0 spiro atoms. The fourth-order valence-electron chi connectivity index (χ4n) is 2.90. The Hall–Kier alpha value is -3.13. The predicted molar refractivity (Wildman–Crippen MR) is 88.5 cm³/mol. The fourth-order valence-corrected chi connectivity index (χ4v) is 3.12. The van der Waals surface area contributed by atoms with E-state index in [-0.39, 0.29) is 5.69 Å². The van der Waals surface area contributed by atoms with Crippen LogP contribution in [0.15, 0.2) is 42.5 Å². The van der Waals surface area contributed by atoms with E-state index in [0.717, 1.165) is 11.0 Å². The van der Waals surface area contributed by atoms with Crippen molar-refractivity contribution in [3.05, 3.63) is 63.2 Å². The number of nitrogens with one attached hydrogen (secondary N) is 3. The first kappa shape index (κ1) is 14.5.